The molecule has 0 aliphatic carbocycles. The molecule has 4 heteroatoms. The van der Waals surface area contributed by atoms with E-state index >= 15 is 0 Å². The lowest BCUT2D eigenvalue weighted by atomic mass is 10.1. The van der Waals surface area contributed by atoms with Gasteiger partial charge in [0.1, 0.15) is 0 Å². The zero-order valence-corrected chi connectivity index (χ0v) is 11.1. The van der Waals surface area contributed by atoms with Gasteiger partial charge in [-0.25, -0.2) is 0 Å². The highest BCUT2D eigenvalue weighted by atomic mass is 32.2. The van der Waals surface area contributed by atoms with Gasteiger partial charge in [-0.05, 0) is 25.2 Å². The fourth-order valence-electron chi connectivity index (χ4n) is 1.48. The van der Waals surface area contributed by atoms with Gasteiger partial charge in [0, 0.05) is 11.9 Å². The Labute approximate surface area is 102 Å². The molecule has 0 aromatic rings. The minimum Gasteiger partial charge on any atom is -0.465 e. The second kappa shape index (κ2) is 7.96. The number of carbonyl (C=O) groups is 1. The van der Waals surface area contributed by atoms with E-state index in [-0.39, 0.29) is 5.97 Å². The summed E-state index contributed by atoms with van der Waals surface area (Å²) in [6, 6.07) is 0. The number of carbonyl (C=O) groups excluding carboxylic acids is 1. The first-order chi connectivity index (χ1) is 7.68. The van der Waals surface area contributed by atoms with Crippen molar-refractivity contribution in [1.29, 1.82) is 0 Å². The third-order valence-electron chi connectivity index (χ3n) is 2.51. The highest BCUT2D eigenvalue weighted by Gasteiger charge is 2.16. The molecule has 1 heterocycles. The second-order valence-corrected chi connectivity index (χ2v) is 5.84. The molecule has 0 saturated carbocycles. The summed E-state index contributed by atoms with van der Waals surface area (Å²) in [6.45, 7) is 6.46. The van der Waals surface area contributed by atoms with Gasteiger partial charge in [-0.1, -0.05) is 13.8 Å². The van der Waals surface area contributed by atoms with E-state index in [1.54, 1.807) is 11.8 Å². The maximum absolute atomic E-state index is 11.4. The zero-order chi connectivity index (χ0) is 11.8. The van der Waals surface area contributed by atoms with E-state index in [0.29, 0.717) is 23.5 Å². The van der Waals surface area contributed by atoms with Crippen LogP contribution in [0.3, 0.4) is 0 Å². The Balaban J connectivity index is 2.00. The van der Waals surface area contributed by atoms with Gasteiger partial charge in [-0.2, -0.15) is 0 Å². The van der Waals surface area contributed by atoms with Crippen LogP contribution < -0.4 is 0 Å². The fraction of sp³-hybridized carbons (Fsp3) is 0.917. The van der Waals surface area contributed by atoms with E-state index in [4.69, 9.17) is 9.47 Å². The SMILES string of the molecule is CC(C)CCOC(=O)CSC1CCCOC1. The van der Waals surface area contributed by atoms with Crippen LogP contribution in [-0.2, 0) is 14.3 Å². The summed E-state index contributed by atoms with van der Waals surface area (Å²) < 4.78 is 10.5. The number of thioether (sulfide) groups is 1. The summed E-state index contributed by atoms with van der Waals surface area (Å²) in [7, 11) is 0. The van der Waals surface area contributed by atoms with Crippen molar-refractivity contribution >= 4 is 17.7 Å². The molecule has 0 aromatic carbocycles. The first-order valence-electron chi connectivity index (χ1n) is 6.03. The van der Waals surface area contributed by atoms with Crippen molar-refractivity contribution in [3.05, 3.63) is 0 Å². The standard InChI is InChI=1S/C12H22O3S/c1-10(2)5-7-15-12(13)9-16-11-4-3-6-14-8-11/h10-11H,3-9H2,1-2H3. The molecule has 0 radical (unpaired) electrons. The van der Waals surface area contributed by atoms with Crippen LogP contribution in [0.4, 0.5) is 0 Å². The second-order valence-electron chi connectivity index (χ2n) is 4.55. The molecular formula is C12H22O3S. The Kier molecular flexibility index (Phi) is 6.88. The highest BCUT2D eigenvalue weighted by molar-refractivity contribution is 8.00. The van der Waals surface area contributed by atoms with Gasteiger partial charge < -0.3 is 9.47 Å². The molecule has 1 aliphatic heterocycles. The van der Waals surface area contributed by atoms with Gasteiger partial charge in [0.15, 0.2) is 0 Å². The Morgan fingerprint density at radius 2 is 2.38 bits per heavy atom. The lowest BCUT2D eigenvalue weighted by Crippen LogP contribution is -2.21. The Hall–Kier alpha value is -0.220. The molecule has 1 saturated heterocycles. The summed E-state index contributed by atoms with van der Waals surface area (Å²) in [5.74, 6) is 0.968. The van der Waals surface area contributed by atoms with Gasteiger partial charge in [0.2, 0.25) is 0 Å². The smallest absolute Gasteiger partial charge is 0.315 e. The van der Waals surface area contributed by atoms with E-state index in [9.17, 15) is 4.79 Å². The first-order valence-corrected chi connectivity index (χ1v) is 7.08. The predicted octanol–water partition coefficient (Wildman–Crippen LogP) is 2.49. The Bertz CT molecular complexity index is 200. The molecule has 0 bridgehead atoms. The van der Waals surface area contributed by atoms with E-state index < -0.39 is 0 Å². The molecule has 0 amide bonds. The molecule has 1 rings (SSSR count). The minimum absolute atomic E-state index is 0.0868. The van der Waals surface area contributed by atoms with Gasteiger partial charge >= 0.3 is 5.97 Å². The summed E-state index contributed by atoms with van der Waals surface area (Å²) in [5.41, 5.74) is 0. The lowest BCUT2D eigenvalue weighted by Gasteiger charge is -2.20. The molecular weight excluding hydrogens is 224 g/mol. The van der Waals surface area contributed by atoms with Gasteiger partial charge in [-0.15, -0.1) is 11.8 Å². The maximum atomic E-state index is 11.4. The molecule has 0 aromatic heterocycles. The number of rotatable bonds is 6. The summed E-state index contributed by atoms with van der Waals surface area (Å²) >= 11 is 1.66. The van der Waals surface area contributed by atoms with Crippen molar-refractivity contribution in [3.63, 3.8) is 0 Å². The number of ether oxygens (including phenoxy) is 2. The van der Waals surface area contributed by atoms with Crippen LogP contribution in [0.1, 0.15) is 33.1 Å². The first kappa shape index (κ1) is 13.8. The average Bonchev–Trinajstić information content (AvgIpc) is 2.27. The van der Waals surface area contributed by atoms with Gasteiger partial charge in [-0.3, -0.25) is 4.79 Å². The van der Waals surface area contributed by atoms with Gasteiger partial charge in [0.25, 0.3) is 0 Å². The molecule has 16 heavy (non-hydrogen) atoms. The summed E-state index contributed by atoms with van der Waals surface area (Å²) in [5, 5.41) is 0.478. The molecule has 1 aliphatic rings. The molecule has 0 N–H and O–H groups in total. The van der Waals surface area contributed by atoms with E-state index in [1.165, 1.54) is 0 Å². The molecule has 94 valence electrons. The predicted molar refractivity (Wildman–Crippen MR) is 66.7 cm³/mol. The molecule has 3 nitrogen and oxygen atoms in total. The quantitative estimate of drug-likeness (QED) is 0.675. The average molecular weight is 246 g/mol. The van der Waals surface area contributed by atoms with Crippen molar-refractivity contribution in [3.8, 4) is 0 Å². The monoisotopic (exact) mass is 246 g/mol. The highest BCUT2D eigenvalue weighted by Crippen LogP contribution is 2.20. The van der Waals surface area contributed by atoms with Gasteiger partial charge in [0.05, 0.1) is 19.0 Å². The largest absolute Gasteiger partial charge is 0.465 e. The van der Waals surface area contributed by atoms with Crippen LogP contribution in [0.25, 0.3) is 0 Å². The number of hydrogen-bond donors (Lipinski definition) is 0. The molecule has 0 spiro atoms. The van der Waals surface area contributed by atoms with Crippen molar-refractivity contribution in [2.75, 3.05) is 25.6 Å². The molecule has 1 fully saturated rings. The number of esters is 1. The Morgan fingerprint density at radius 3 is 3.00 bits per heavy atom. The third-order valence-corrected chi connectivity index (χ3v) is 3.76. The summed E-state index contributed by atoms with van der Waals surface area (Å²) in [4.78, 5) is 11.4. The Morgan fingerprint density at radius 1 is 1.56 bits per heavy atom. The van der Waals surface area contributed by atoms with E-state index in [2.05, 4.69) is 13.8 Å². The van der Waals surface area contributed by atoms with Crippen molar-refractivity contribution in [2.45, 2.75) is 38.4 Å². The minimum atomic E-state index is -0.0868. The van der Waals surface area contributed by atoms with Crippen LogP contribution >= 0.6 is 11.8 Å². The third kappa shape index (κ3) is 6.38. The fourth-order valence-corrected chi connectivity index (χ4v) is 2.46. The van der Waals surface area contributed by atoms with Crippen LogP contribution in [0.15, 0.2) is 0 Å². The van der Waals surface area contributed by atoms with Crippen LogP contribution in [-0.4, -0.2) is 36.8 Å². The van der Waals surface area contributed by atoms with E-state index in [1.807, 2.05) is 0 Å². The van der Waals surface area contributed by atoms with Crippen LogP contribution in [0, 0.1) is 5.92 Å². The van der Waals surface area contributed by atoms with Crippen molar-refractivity contribution in [2.24, 2.45) is 5.92 Å². The zero-order valence-electron chi connectivity index (χ0n) is 10.2. The van der Waals surface area contributed by atoms with Crippen LogP contribution in [0.5, 0.6) is 0 Å². The summed E-state index contributed by atoms with van der Waals surface area (Å²) in [6.07, 6.45) is 3.22. The molecule has 1 unspecified atom stereocenters. The molecule has 1 atom stereocenters. The van der Waals surface area contributed by atoms with Crippen molar-refractivity contribution < 1.29 is 14.3 Å². The van der Waals surface area contributed by atoms with Crippen molar-refractivity contribution in [1.82, 2.24) is 0 Å². The lowest BCUT2D eigenvalue weighted by molar-refractivity contribution is -0.140. The normalized spacial score (nSPS) is 21.1. The number of hydrogen-bond acceptors (Lipinski definition) is 4. The van der Waals surface area contributed by atoms with Crippen LogP contribution in [0.2, 0.25) is 0 Å². The van der Waals surface area contributed by atoms with E-state index in [0.717, 1.165) is 32.5 Å². The topological polar surface area (TPSA) is 35.5 Å². The maximum Gasteiger partial charge on any atom is 0.315 e.